The van der Waals surface area contributed by atoms with Crippen LogP contribution in [0, 0.1) is 6.92 Å². The van der Waals surface area contributed by atoms with Crippen molar-refractivity contribution < 1.29 is 14.3 Å². The molecular weight excluding hydrogens is 362 g/mol. The summed E-state index contributed by atoms with van der Waals surface area (Å²) in [5.74, 6) is -0.956. The second-order valence-electron chi connectivity index (χ2n) is 6.38. The number of anilines is 1. The first-order valence-electron chi connectivity index (χ1n) is 8.45. The van der Waals surface area contributed by atoms with Gasteiger partial charge in [-0.15, -0.1) is 11.3 Å². The van der Waals surface area contributed by atoms with Crippen LogP contribution in [-0.2, 0) is 4.74 Å². The van der Waals surface area contributed by atoms with Gasteiger partial charge in [0.2, 0.25) is 0 Å². The van der Waals surface area contributed by atoms with E-state index in [2.05, 4.69) is 10.3 Å². The maximum absolute atomic E-state index is 12.6. The number of benzene rings is 1. The Morgan fingerprint density at radius 1 is 1.30 bits per heavy atom. The lowest BCUT2D eigenvalue weighted by atomic mass is 10.1. The molecule has 6 nitrogen and oxygen atoms in total. The fraction of sp³-hybridized carbons (Fsp3) is 0.150. The molecule has 0 radical (unpaired) electrons. The van der Waals surface area contributed by atoms with Gasteiger partial charge in [0.1, 0.15) is 10.7 Å². The smallest absolute Gasteiger partial charge is 0.275 e. The van der Waals surface area contributed by atoms with E-state index in [-0.39, 0.29) is 11.5 Å². The van der Waals surface area contributed by atoms with E-state index in [9.17, 15) is 9.59 Å². The average molecular weight is 379 g/mol. The summed E-state index contributed by atoms with van der Waals surface area (Å²) in [4.78, 5) is 28.7. The molecule has 2 aliphatic rings. The summed E-state index contributed by atoms with van der Waals surface area (Å²) >= 11 is 1.43. The summed E-state index contributed by atoms with van der Waals surface area (Å²) in [5, 5.41) is 5.29. The molecule has 0 bridgehead atoms. The number of aryl methyl sites for hydroxylation is 1. The van der Waals surface area contributed by atoms with Crippen molar-refractivity contribution >= 4 is 34.4 Å². The standard InChI is InChI=1S/C20H17N3O3S/c1-11-2-5-16(15(8-11)18(21)24)22-19(25)17-10-27-20(23-17)14-4-3-12-9-26-7-6-13(12)14/h2,5-10H,3-4H2,1H3,(H2,21,24)(H,22,25). The van der Waals surface area contributed by atoms with Crippen molar-refractivity contribution in [1.82, 2.24) is 4.98 Å². The molecular formula is C20H17N3O3S. The summed E-state index contributed by atoms with van der Waals surface area (Å²) < 4.78 is 5.22. The molecule has 1 aliphatic heterocycles. The van der Waals surface area contributed by atoms with Crippen molar-refractivity contribution in [2.45, 2.75) is 19.8 Å². The fourth-order valence-electron chi connectivity index (χ4n) is 3.18. The predicted octanol–water partition coefficient (Wildman–Crippen LogP) is 3.78. The lowest BCUT2D eigenvalue weighted by Crippen LogP contribution is -2.18. The lowest BCUT2D eigenvalue weighted by molar-refractivity contribution is 0.100. The van der Waals surface area contributed by atoms with Crippen molar-refractivity contribution in [2.24, 2.45) is 5.73 Å². The van der Waals surface area contributed by atoms with Gasteiger partial charge in [-0.3, -0.25) is 9.59 Å². The van der Waals surface area contributed by atoms with Crippen LogP contribution < -0.4 is 11.1 Å². The van der Waals surface area contributed by atoms with Gasteiger partial charge in [0.15, 0.2) is 0 Å². The molecule has 2 aromatic rings. The quantitative estimate of drug-likeness (QED) is 0.845. The minimum atomic E-state index is -0.587. The van der Waals surface area contributed by atoms with Gasteiger partial charge in [0.25, 0.3) is 11.8 Å². The largest absolute Gasteiger partial charge is 0.472 e. The van der Waals surface area contributed by atoms with Crippen LogP contribution in [0.1, 0.15) is 44.3 Å². The Balaban J connectivity index is 1.59. The number of hydrogen-bond acceptors (Lipinski definition) is 5. The molecule has 7 heteroatoms. The molecule has 4 rings (SSSR count). The zero-order valence-corrected chi connectivity index (χ0v) is 15.4. The highest BCUT2D eigenvalue weighted by Crippen LogP contribution is 2.40. The number of nitrogens with two attached hydrogens (primary N) is 1. The van der Waals surface area contributed by atoms with Crippen LogP contribution in [0.4, 0.5) is 5.69 Å². The van der Waals surface area contributed by atoms with E-state index in [4.69, 9.17) is 10.5 Å². The summed E-state index contributed by atoms with van der Waals surface area (Å²) in [6.45, 7) is 1.86. The van der Waals surface area contributed by atoms with Crippen molar-refractivity contribution in [3.05, 3.63) is 75.2 Å². The number of fused-ring (bicyclic) bond motifs is 1. The minimum Gasteiger partial charge on any atom is -0.472 e. The van der Waals surface area contributed by atoms with Crippen LogP contribution in [0.15, 0.2) is 53.3 Å². The number of nitrogens with one attached hydrogen (secondary N) is 1. The van der Waals surface area contributed by atoms with Crippen LogP contribution >= 0.6 is 11.3 Å². The second-order valence-corrected chi connectivity index (χ2v) is 7.24. The van der Waals surface area contributed by atoms with Crippen molar-refractivity contribution in [3.63, 3.8) is 0 Å². The molecule has 2 heterocycles. The Kier molecular flexibility index (Phi) is 4.37. The molecule has 27 heavy (non-hydrogen) atoms. The number of thiazole rings is 1. The molecule has 0 fully saturated rings. The van der Waals surface area contributed by atoms with Crippen LogP contribution in [0.5, 0.6) is 0 Å². The van der Waals surface area contributed by atoms with Crippen molar-refractivity contribution in [1.29, 1.82) is 0 Å². The highest BCUT2D eigenvalue weighted by molar-refractivity contribution is 7.11. The number of amides is 2. The first kappa shape index (κ1) is 17.2. The molecule has 0 atom stereocenters. The summed E-state index contributed by atoms with van der Waals surface area (Å²) in [5.41, 5.74) is 10.7. The Hall–Kier alpha value is -3.19. The SMILES string of the molecule is Cc1ccc(NC(=O)c2csc(C3=C4C=COC=C4CC3)n2)c(C(N)=O)c1. The predicted molar refractivity (Wildman–Crippen MR) is 104 cm³/mol. The van der Waals surface area contributed by atoms with Crippen molar-refractivity contribution in [2.75, 3.05) is 5.32 Å². The van der Waals surface area contributed by atoms with E-state index in [0.717, 1.165) is 40.1 Å². The fourth-order valence-corrected chi connectivity index (χ4v) is 4.07. The number of rotatable bonds is 4. The Bertz CT molecular complexity index is 1050. The van der Waals surface area contributed by atoms with E-state index in [0.29, 0.717) is 11.4 Å². The first-order valence-corrected chi connectivity index (χ1v) is 9.33. The molecule has 0 saturated carbocycles. The molecule has 136 valence electrons. The van der Waals surface area contributed by atoms with Gasteiger partial charge >= 0.3 is 0 Å². The zero-order chi connectivity index (χ0) is 19.0. The minimum absolute atomic E-state index is 0.279. The van der Waals surface area contributed by atoms with E-state index >= 15 is 0 Å². The molecule has 0 spiro atoms. The number of allylic oxidation sites excluding steroid dienone is 4. The molecule has 0 unspecified atom stereocenters. The average Bonchev–Trinajstić information content (AvgIpc) is 3.29. The number of aromatic nitrogens is 1. The molecule has 1 aliphatic carbocycles. The summed E-state index contributed by atoms with van der Waals surface area (Å²) in [7, 11) is 0. The third kappa shape index (κ3) is 3.29. The summed E-state index contributed by atoms with van der Waals surface area (Å²) in [6.07, 6.45) is 7.11. The van der Waals surface area contributed by atoms with Gasteiger partial charge in [0.05, 0.1) is 23.8 Å². The second kappa shape index (κ2) is 6.85. The third-order valence-corrected chi connectivity index (χ3v) is 5.42. The molecule has 1 aromatic heterocycles. The van der Waals surface area contributed by atoms with Crippen LogP contribution in [0.3, 0.4) is 0 Å². The Morgan fingerprint density at radius 2 is 2.15 bits per heavy atom. The number of nitrogens with zero attached hydrogens (tertiary/aromatic N) is 1. The van der Waals surface area contributed by atoms with Gasteiger partial charge in [0, 0.05) is 5.38 Å². The van der Waals surface area contributed by atoms with Crippen LogP contribution in [0.2, 0.25) is 0 Å². The van der Waals surface area contributed by atoms with Gasteiger partial charge in [-0.2, -0.15) is 0 Å². The molecule has 2 amide bonds. The first-order chi connectivity index (χ1) is 13.0. The lowest BCUT2D eigenvalue weighted by Gasteiger charge is -2.09. The summed E-state index contributed by atoms with van der Waals surface area (Å²) in [6, 6.07) is 5.14. The van der Waals surface area contributed by atoms with Gasteiger partial charge in [-0.25, -0.2) is 4.98 Å². The monoisotopic (exact) mass is 379 g/mol. The van der Waals surface area contributed by atoms with E-state index in [1.807, 2.05) is 19.1 Å². The number of carbonyl (C=O) groups is 2. The molecule has 1 aromatic carbocycles. The van der Waals surface area contributed by atoms with Crippen LogP contribution in [-0.4, -0.2) is 16.8 Å². The third-order valence-electron chi connectivity index (χ3n) is 4.52. The molecule has 3 N–H and O–H groups in total. The Labute approximate surface area is 160 Å². The highest BCUT2D eigenvalue weighted by Gasteiger charge is 2.24. The topological polar surface area (TPSA) is 94.3 Å². The normalized spacial score (nSPS) is 15.2. The highest BCUT2D eigenvalue weighted by atomic mass is 32.1. The van der Waals surface area contributed by atoms with E-state index in [1.54, 1.807) is 30.0 Å². The van der Waals surface area contributed by atoms with Gasteiger partial charge in [-0.05, 0) is 54.7 Å². The zero-order valence-electron chi connectivity index (χ0n) is 14.6. The maximum Gasteiger partial charge on any atom is 0.275 e. The van der Waals surface area contributed by atoms with E-state index < -0.39 is 5.91 Å². The van der Waals surface area contributed by atoms with Crippen molar-refractivity contribution in [3.8, 4) is 0 Å². The number of hydrogen-bond donors (Lipinski definition) is 2. The number of carbonyl (C=O) groups excluding carboxylic acids is 2. The van der Waals surface area contributed by atoms with Gasteiger partial charge < -0.3 is 15.8 Å². The number of ether oxygens (including phenoxy) is 1. The molecule has 0 saturated heterocycles. The van der Waals surface area contributed by atoms with Crippen LogP contribution in [0.25, 0.3) is 5.57 Å². The number of primary amides is 1. The van der Waals surface area contributed by atoms with Gasteiger partial charge in [-0.1, -0.05) is 11.6 Å². The van der Waals surface area contributed by atoms with E-state index in [1.165, 1.54) is 11.3 Å². The Morgan fingerprint density at radius 3 is 2.96 bits per heavy atom. The maximum atomic E-state index is 12.6.